The lowest BCUT2D eigenvalue weighted by molar-refractivity contribution is 0.338. The summed E-state index contributed by atoms with van der Waals surface area (Å²) < 4.78 is 0. The van der Waals surface area contributed by atoms with Gasteiger partial charge in [0, 0.05) is 44.5 Å². The molecule has 1 aromatic heterocycles. The lowest BCUT2D eigenvalue weighted by atomic mass is 10.1. The standard InChI is InChI=1S/C15H25N5S.HI/c16-14(19-8-2-1-3-9-19)17-7-6-13-12-21-15(18-13)20-10-4-5-11-20;/h12H,1-11H2,(H2,16,17);1H. The van der Waals surface area contributed by atoms with Crippen molar-refractivity contribution in [3.63, 3.8) is 0 Å². The van der Waals surface area contributed by atoms with Crippen molar-refractivity contribution in [1.29, 1.82) is 0 Å². The Morgan fingerprint density at radius 3 is 2.55 bits per heavy atom. The van der Waals surface area contributed by atoms with E-state index in [0.29, 0.717) is 5.96 Å². The normalized spacial score (nSPS) is 19.4. The van der Waals surface area contributed by atoms with Crippen molar-refractivity contribution in [2.45, 2.75) is 38.5 Å². The molecule has 2 saturated heterocycles. The highest BCUT2D eigenvalue weighted by Crippen LogP contribution is 2.24. The smallest absolute Gasteiger partial charge is 0.191 e. The van der Waals surface area contributed by atoms with E-state index in [-0.39, 0.29) is 24.0 Å². The van der Waals surface area contributed by atoms with Gasteiger partial charge in [-0.15, -0.1) is 35.3 Å². The molecule has 2 aliphatic heterocycles. The first-order valence-electron chi connectivity index (χ1n) is 8.07. The third-order valence-electron chi connectivity index (χ3n) is 4.24. The summed E-state index contributed by atoms with van der Waals surface area (Å²) in [4.78, 5) is 13.8. The molecule has 0 atom stereocenters. The number of piperidine rings is 1. The van der Waals surface area contributed by atoms with Crippen molar-refractivity contribution in [3.8, 4) is 0 Å². The van der Waals surface area contributed by atoms with Crippen LogP contribution in [0.5, 0.6) is 0 Å². The lowest BCUT2D eigenvalue weighted by Gasteiger charge is -2.27. The predicted molar refractivity (Wildman–Crippen MR) is 105 cm³/mol. The number of aromatic nitrogens is 1. The van der Waals surface area contributed by atoms with E-state index in [4.69, 9.17) is 10.7 Å². The molecule has 124 valence electrons. The van der Waals surface area contributed by atoms with Crippen LogP contribution in [0.3, 0.4) is 0 Å². The van der Waals surface area contributed by atoms with Gasteiger partial charge in [0.2, 0.25) is 0 Å². The van der Waals surface area contributed by atoms with Crippen molar-refractivity contribution in [2.24, 2.45) is 10.7 Å². The van der Waals surface area contributed by atoms with Gasteiger partial charge < -0.3 is 15.5 Å². The van der Waals surface area contributed by atoms with Crippen molar-refractivity contribution in [1.82, 2.24) is 9.88 Å². The summed E-state index contributed by atoms with van der Waals surface area (Å²) in [7, 11) is 0. The zero-order valence-corrected chi connectivity index (χ0v) is 16.2. The van der Waals surface area contributed by atoms with Crippen LogP contribution in [0.25, 0.3) is 0 Å². The molecule has 7 heteroatoms. The van der Waals surface area contributed by atoms with Crippen LogP contribution in [0, 0.1) is 0 Å². The summed E-state index contributed by atoms with van der Waals surface area (Å²) in [5.74, 6) is 0.713. The van der Waals surface area contributed by atoms with Crippen LogP contribution in [0.15, 0.2) is 10.4 Å². The molecule has 3 heterocycles. The zero-order chi connectivity index (χ0) is 14.5. The lowest BCUT2D eigenvalue weighted by Crippen LogP contribution is -2.41. The fourth-order valence-electron chi connectivity index (χ4n) is 2.97. The topological polar surface area (TPSA) is 57.8 Å². The SMILES string of the molecule is I.NC(=NCCc1csc(N2CCCC2)n1)N1CCCCC1. The molecule has 2 N–H and O–H groups in total. The molecule has 2 fully saturated rings. The van der Waals surface area contributed by atoms with Crippen molar-refractivity contribution >= 4 is 46.4 Å². The second-order valence-corrected chi connectivity index (χ2v) is 6.69. The van der Waals surface area contributed by atoms with Crippen LogP contribution >= 0.6 is 35.3 Å². The number of nitrogens with two attached hydrogens (primary N) is 1. The minimum absolute atomic E-state index is 0. The Bertz CT molecular complexity index is 478. The Kier molecular flexibility index (Phi) is 7.20. The number of likely N-dealkylation sites (tertiary alicyclic amines) is 1. The van der Waals surface area contributed by atoms with Gasteiger partial charge in [-0.25, -0.2) is 4.98 Å². The van der Waals surface area contributed by atoms with Crippen molar-refractivity contribution in [3.05, 3.63) is 11.1 Å². The third-order valence-corrected chi connectivity index (χ3v) is 5.19. The van der Waals surface area contributed by atoms with Gasteiger partial charge in [0.1, 0.15) is 0 Å². The highest BCUT2D eigenvalue weighted by atomic mass is 127. The molecular weight excluding hydrogens is 409 g/mol. The predicted octanol–water partition coefficient (Wildman–Crippen LogP) is 2.70. The number of halogens is 1. The number of aliphatic imine (C=N–C) groups is 1. The molecule has 0 aromatic carbocycles. The number of guanidine groups is 1. The molecule has 0 aliphatic carbocycles. The summed E-state index contributed by atoms with van der Waals surface area (Å²) >= 11 is 1.76. The highest BCUT2D eigenvalue weighted by molar-refractivity contribution is 14.0. The van der Waals surface area contributed by atoms with E-state index in [1.54, 1.807) is 11.3 Å². The maximum absolute atomic E-state index is 6.07. The van der Waals surface area contributed by atoms with E-state index in [1.165, 1.54) is 37.2 Å². The monoisotopic (exact) mass is 435 g/mol. The van der Waals surface area contributed by atoms with E-state index in [1.807, 2.05) is 0 Å². The van der Waals surface area contributed by atoms with Gasteiger partial charge in [-0.1, -0.05) is 0 Å². The molecule has 0 bridgehead atoms. The summed E-state index contributed by atoms with van der Waals surface area (Å²) in [5.41, 5.74) is 7.22. The van der Waals surface area contributed by atoms with Crippen LogP contribution < -0.4 is 10.6 Å². The second-order valence-electron chi connectivity index (χ2n) is 5.85. The van der Waals surface area contributed by atoms with Crippen LogP contribution in [0.1, 0.15) is 37.8 Å². The third kappa shape index (κ3) is 4.71. The zero-order valence-electron chi connectivity index (χ0n) is 13.0. The maximum atomic E-state index is 6.07. The largest absolute Gasteiger partial charge is 0.370 e. The fraction of sp³-hybridized carbons (Fsp3) is 0.733. The first kappa shape index (κ1) is 17.8. The fourth-order valence-corrected chi connectivity index (χ4v) is 3.89. The molecule has 2 aliphatic rings. The van der Waals surface area contributed by atoms with Crippen LogP contribution in [-0.4, -0.2) is 48.6 Å². The van der Waals surface area contributed by atoms with E-state index in [2.05, 4.69) is 20.2 Å². The summed E-state index contributed by atoms with van der Waals surface area (Å²) in [6.07, 6.45) is 7.28. The maximum Gasteiger partial charge on any atom is 0.191 e. The van der Waals surface area contributed by atoms with Gasteiger partial charge in [0.05, 0.1) is 5.69 Å². The summed E-state index contributed by atoms with van der Waals surface area (Å²) in [5, 5.41) is 3.34. The molecule has 3 rings (SSSR count). The quantitative estimate of drug-likeness (QED) is 0.449. The van der Waals surface area contributed by atoms with Crippen molar-refractivity contribution < 1.29 is 0 Å². The molecular formula is C15H26IN5S. The first-order chi connectivity index (χ1) is 10.3. The molecule has 1 aromatic rings. The average molecular weight is 435 g/mol. The average Bonchev–Trinajstić information content (AvgIpc) is 3.19. The number of hydrogen-bond donors (Lipinski definition) is 1. The second kappa shape index (κ2) is 8.90. The van der Waals surface area contributed by atoms with Gasteiger partial charge in [-0.05, 0) is 32.1 Å². The number of rotatable bonds is 4. The minimum atomic E-state index is 0. The number of hydrogen-bond acceptors (Lipinski definition) is 4. The molecule has 22 heavy (non-hydrogen) atoms. The Balaban J connectivity index is 0.00000176. The molecule has 5 nitrogen and oxygen atoms in total. The van der Waals surface area contributed by atoms with Crippen molar-refractivity contribution in [2.75, 3.05) is 37.6 Å². The Labute approximate surface area is 154 Å². The Morgan fingerprint density at radius 2 is 1.82 bits per heavy atom. The van der Waals surface area contributed by atoms with Crippen LogP contribution in [0.2, 0.25) is 0 Å². The molecule has 0 unspecified atom stereocenters. The van der Waals surface area contributed by atoms with Gasteiger partial charge in [0.15, 0.2) is 11.1 Å². The molecule has 0 amide bonds. The number of nitrogens with zero attached hydrogens (tertiary/aromatic N) is 4. The summed E-state index contributed by atoms with van der Waals surface area (Å²) in [6.45, 7) is 5.18. The number of anilines is 1. The van der Waals surface area contributed by atoms with E-state index < -0.39 is 0 Å². The van der Waals surface area contributed by atoms with Gasteiger partial charge >= 0.3 is 0 Å². The first-order valence-corrected chi connectivity index (χ1v) is 8.95. The van der Waals surface area contributed by atoms with Gasteiger partial charge in [0.25, 0.3) is 0 Å². The Morgan fingerprint density at radius 1 is 1.14 bits per heavy atom. The summed E-state index contributed by atoms with van der Waals surface area (Å²) in [6, 6.07) is 0. The highest BCUT2D eigenvalue weighted by Gasteiger charge is 2.15. The van der Waals surface area contributed by atoms with Gasteiger partial charge in [-0.3, -0.25) is 4.99 Å². The van der Waals surface area contributed by atoms with Crippen LogP contribution in [-0.2, 0) is 6.42 Å². The minimum Gasteiger partial charge on any atom is -0.370 e. The van der Waals surface area contributed by atoms with E-state index >= 15 is 0 Å². The molecule has 0 spiro atoms. The Hall–Kier alpha value is -0.570. The van der Waals surface area contributed by atoms with E-state index in [0.717, 1.165) is 44.8 Å². The van der Waals surface area contributed by atoms with Gasteiger partial charge in [-0.2, -0.15) is 0 Å². The number of thiazole rings is 1. The van der Waals surface area contributed by atoms with Crippen LogP contribution in [0.4, 0.5) is 5.13 Å². The molecule has 0 radical (unpaired) electrons. The van der Waals surface area contributed by atoms with E-state index in [9.17, 15) is 0 Å². The molecule has 0 saturated carbocycles.